The van der Waals surface area contributed by atoms with Crippen LogP contribution in [0.4, 0.5) is 4.79 Å². The Morgan fingerprint density at radius 1 is 1.15 bits per heavy atom. The normalized spacial score (nSPS) is 25.2. The zero-order chi connectivity index (χ0) is 23.9. The van der Waals surface area contributed by atoms with Crippen LogP contribution in [-0.4, -0.2) is 92.2 Å². The molecule has 1 aromatic carbocycles. The van der Waals surface area contributed by atoms with Gasteiger partial charge in [0.15, 0.2) is 11.5 Å². The van der Waals surface area contributed by atoms with Gasteiger partial charge in [0.25, 0.3) is 5.91 Å². The van der Waals surface area contributed by atoms with E-state index in [4.69, 9.17) is 14.2 Å². The fraction of sp³-hybridized carbons (Fsp3) is 0.522. The van der Waals surface area contributed by atoms with Crippen LogP contribution in [-0.2, 0) is 14.3 Å². The molecule has 3 aliphatic heterocycles. The molecular formula is C23H30N4O6. The van der Waals surface area contributed by atoms with E-state index >= 15 is 0 Å². The van der Waals surface area contributed by atoms with Gasteiger partial charge in [-0.05, 0) is 19.9 Å². The van der Waals surface area contributed by atoms with Crippen LogP contribution in [0.2, 0.25) is 0 Å². The lowest BCUT2D eigenvalue weighted by Gasteiger charge is -2.36. The molecule has 10 heteroatoms. The lowest BCUT2D eigenvalue weighted by Crippen LogP contribution is -2.51. The minimum atomic E-state index is -0.718. The van der Waals surface area contributed by atoms with E-state index in [-0.39, 0.29) is 43.1 Å². The molecule has 1 saturated heterocycles. The number of hydrogen-bond donors (Lipinski definition) is 1. The molecule has 3 aliphatic rings. The number of hydrogen-bond acceptors (Lipinski definition) is 6. The lowest BCUT2D eigenvalue weighted by molar-refractivity contribution is -0.146. The summed E-state index contributed by atoms with van der Waals surface area (Å²) in [6, 6.07) is 4.27. The number of rotatable bonds is 5. The maximum Gasteiger partial charge on any atom is 0.322 e. The predicted molar refractivity (Wildman–Crippen MR) is 119 cm³/mol. The molecule has 1 fully saturated rings. The van der Waals surface area contributed by atoms with Crippen molar-refractivity contribution in [2.45, 2.75) is 32.1 Å². The molecule has 0 aliphatic carbocycles. The van der Waals surface area contributed by atoms with Gasteiger partial charge in [0.05, 0.1) is 50.3 Å². The van der Waals surface area contributed by atoms with Crippen LogP contribution in [0.1, 0.15) is 25.5 Å². The average molecular weight is 459 g/mol. The van der Waals surface area contributed by atoms with Crippen LogP contribution < -0.4 is 14.8 Å². The fourth-order valence-corrected chi connectivity index (χ4v) is 4.77. The summed E-state index contributed by atoms with van der Waals surface area (Å²) in [6.07, 6.45) is -0.118. The first-order chi connectivity index (χ1) is 15.7. The van der Waals surface area contributed by atoms with Gasteiger partial charge in [-0.2, -0.15) is 0 Å². The predicted octanol–water partition coefficient (Wildman–Crippen LogP) is 1.13. The molecule has 1 aromatic rings. The maximum atomic E-state index is 13.5. The van der Waals surface area contributed by atoms with E-state index in [0.29, 0.717) is 41.4 Å². The van der Waals surface area contributed by atoms with Gasteiger partial charge in [0.1, 0.15) is 6.54 Å². The quantitative estimate of drug-likeness (QED) is 0.710. The van der Waals surface area contributed by atoms with E-state index < -0.39 is 6.04 Å². The first-order valence-corrected chi connectivity index (χ1v) is 11.0. The monoisotopic (exact) mass is 458 g/mol. The summed E-state index contributed by atoms with van der Waals surface area (Å²) in [5.41, 5.74) is 1.62. The van der Waals surface area contributed by atoms with E-state index in [0.717, 1.165) is 0 Å². The Morgan fingerprint density at radius 3 is 2.48 bits per heavy atom. The molecule has 0 bridgehead atoms. The van der Waals surface area contributed by atoms with Crippen LogP contribution in [0.25, 0.3) is 0 Å². The number of carbonyl (C=O) groups excluding carboxylic acids is 3. The first kappa shape index (κ1) is 22.9. The van der Waals surface area contributed by atoms with Gasteiger partial charge >= 0.3 is 6.03 Å². The van der Waals surface area contributed by atoms with E-state index in [1.165, 1.54) is 24.0 Å². The van der Waals surface area contributed by atoms with Crippen molar-refractivity contribution in [3.05, 3.63) is 35.0 Å². The highest BCUT2D eigenvalue weighted by atomic mass is 16.5. The number of nitrogens with one attached hydrogen (secondary N) is 1. The van der Waals surface area contributed by atoms with Crippen molar-refractivity contribution in [1.82, 2.24) is 20.0 Å². The molecule has 4 amide bonds. The molecule has 0 unspecified atom stereocenters. The first-order valence-electron chi connectivity index (χ1n) is 11.0. The van der Waals surface area contributed by atoms with Crippen LogP contribution in [0.15, 0.2) is 29.5 Å². The van der Waals surface area contributed by atoms with Gasteiger partial charge in [-0.3, -0.25) is 14.5 Å². The van der Waals surface area contributed by atoms with Crippen LogP contribution >= 0.6 is 0 Å². The summed E-state index contributed by atoms with van der Waals surface area (Å²) in [6.45, 7) is 4.95. The molecule has 0 aromatic heterocycles. The second kappa shape index (κ2) is 8.93. The number of para-hydroxylation sites is 1. The van der Waals surface area contributed by atoms with Crippen molar-refractivity contribution in [2.24, 2.45) is 0 Å². The number of carbonyl (C=O) groups is 3. The third-order valence-corrected chi connectivity index (χ3v) is 6.28. The minimum absolute atomic E-state index is 0.0591. The van der Waals surface area contributed by atoms with E-state index in [1.807, 2.05) is 13.8 Å². The molecular weight excluding hydrogens is 428 g/mol. The molecule has 178 valence electrons. The molecule has 1 N–H and O–H groups in total. The van der Waals surface area contributed by atoms with E-state index in [9.17, 15) is 14.4 Å². The van der Waals surface area contributed by atoms with Crippen molar-refractivity contribution >= 4 is 17.8 Å². The summed E-state index contributed by atoms with van der Waals surface area (Å²) < 4.78 is 16.6. The zero-order valence-corrected chi connectivity index (χ0v) is 19.6. The van der Waals surface area contributed by atoms with Crippen LogP contribution in [0.5, 0.6) is 11.5 Å². The second-order valence-electron chi connectivity index (χ2n) is 8.60. The molecule has 0 saturated carbocycles. The Hall–Kier alpha value is -3.27. The highest BCUT2D eigenvalue weighted by Crippen LogP contribution is 2.42. The largest absolute Gasteiger partial charge is 0.493 e. The minimum Gasteiger partial charge on any atom is -0.493 e. The van der Waals surface area contributed by atoms with E-state index in [2.05, 4.69) is 5.32 Å². The number of methoxy groups -OCH3 is 2. The van der Waals surface area contributed by atoms with Crippen molar-refractivity contribution in [2.75, 3.05) is 47.4 Å². The van der Waals surface area contributed by atoms with Crippen molar-refractivity contribution in [1.29, 1.82) is 0 Å². The van der Waals surface area contributed by atoms with Gasteiger partial charge in [-0.25, -0.2) is 4.79 Å². The molecule has 0 spiro atoms. The summed E-state index contributed by atoms with van der Waals surface area (Å²) in [4.78, 5) is 43.9. The topological polar surface area (TPSA) is 101 Å². The maximum absolute atomic E-state index is 13.5. The number of urea groups is 1. The van der Waals surface area contributed by atoms with Gasteiger partial charge < -0.3 is 29.3 Å². The standard InChI is InChI=1S/C23H30N4O6/c1-13-9-26(10-14(2)33-13)18(28)12-27-11-16-19(22(27)29)20(24-23(30)25(16)3)15-7-6-8-17(31-4)21(15)32-5/h6-8,13-14,20H,9-12H2,1-5H3,(H,24,30)/t13-,14+,20-/m1/s1. The molecule has 3 heterocycles. The van der Waals surface area contributed by atoms with Gasteiger partial charge in [0.2, 0.25) is 5.91 Å². The third-order valence-electron chi connectivity index (χ3n) is 6.28. The van der Waals surface area contributed by atoms with Gasteiger partial charge in [0, 0.05) is 25.7 Å². The highest BCUT2D eigenvalue weighted by Gasteiger charge is 2.44. The molecule has 10 nitrogen and oxygen atoms in total. The number of likely N-dealkylation sites (N-methyl/N-ethyl adjacent to an activating group) is 1. The summed E-state index contributed by atoms with van der Waals surface area (Å²) in [5, 5.41) is 2.89. The van der Waals surface area contributed by atoms with Crippen molar-refractivity contribution in [3.63, 3.8) is 0 Å². The van der Waals surface area contributed by atoms with Crippen molar-refractivity contribution in [3.8, 4) is 11.5 Å². The number of morpholine rings is 1. The molecule has 0 radical (unpaired) electrons. The third kappa shape index (κ3) is 4.10. The Labute approximate surface area is 193 Å². The lowest BCUT2D eigenvalue weighted by atomic mass is 9.94. The average Bonchev–Trinajstić information content (AvgIpc) is 3.11. The molecule has 3 atom stereocenters. The van der Waals surface area contributed by atoms with Crippen molar-refractivity contribution < 1.29 is 28.6 Å². The van der Waals surface area contributed by atoms with Crippen LogP contribution in [0, 0.1) is 0 Å². The summed E-state index contributed by atoms with van der Waals surface area (Å²) in [5.74, 6) is 0.524. The van der Waals surface area contributed by atoms with Gasteiger partial charge in [-0.15, -0.1) is 0 Å². The Balaban J connectivity index is 1.61. The summed E-state index contributed by atoms with van der Waals surface area (Å²) >= 11 is 0. The Kier molecular flexibility index (Phi) is 6.20. The molecule has 33 heavy (non-hydrogen) atoms. The number of nitrogens with zero attached hydrogens (tertiary/aromatic N) is 3. The fourth-order valence-electron chi connectivity index (χ4n) is 4.77. The number of amides is 4. The second-order valence-corrected chi connectivity index (χ2v) is 8.60. The van der Waals surface area contributed by atoms with E-state index in [1.54, 1.807) is 30.1 Å². The number of benzene rings is 1. The SMILES string of the molecule is COc1cccc([C@H]2NC(=O)N(C)C3=C2C(=O)N(CC(=O)N2C[C@@H](C)O[C@@H](C)C2)C3)c1OC. The Morgan fingerprint density at radius 2 is 1.85 bits per heavy atom. The summed E-state index contributed by atoms with van der Waals surface area (Å²) in [7, 11) is 4.66. The number of ether oxygens (including phenoxy) is 3. The highest BCUT2D eigenvalue weighted by molar-refractivity contribution is 6.03. The van der Waals surface area contributed by atoms with Gasteiger partial charge in [-0.1, -0.05) is 12.1 Å². The Bertz CT molecular complexity index is 999. The smallest absolute Gasteiger partial charge is 0.322 e. The molecule has 4 rings (SSSR count). The zero-order valence-electron chi connectivity index (χ0n) is 19.6. The van der Waals surface area contributed by atoms with Crippen LogP contribution in [0.3, 0.4) is 0 Å².